The molecule has 0 saturated carbocycles. The van der Waals surface area contributed by atoms with Crippen molar-refractivity contribution in [3.63, 3.8) is 0 Å². The number of carbonyl (C=O) groups is 1. The predicted molar refractivity (Wildman–Crippen MR) is 47.5 cm³/mol. The molecule has 0 atom stereocenters. The number of ether oxygens (including phenoxy) is 1. The Labute approximate surface area is 75.9 Å². The molecule has 70 valence electrons. The summed E-state index contributed by atoms with van der Waals surface area (Å²) in [4.78, 5) is 17.9. The Balaban J connectivity index is 2.92. The van der Waals surface area contributed by atoms with Gasteiger partial charge in [0, 0.05) is 0 Å². The average molecular weight is 181 g/mol. The van der Waals surface area contributed by atoms with Crippen LogP contribution in [0.5, 0.6) is 6.01 Å². The van der Waals surface area contributed by atoms with Crippen LogP contribution in [0.15, 0.2) is 0 Å². The van der Waals surface area contributed by atoms with E-state index in [1.54, 1.807) is 13.8 Å². The lowest BCUT2D eigenvalue weighted by Gasteiger charge is -2.05. The van der Waals surface area contributed by atoms with Crippen LogP contribution in [0.4, 0.5) is 5.69 Å². The van der Waals surface area contributed by atoms with E-state index in [-0.39, 0.29) is 12.6 Å². The second-order valence-corrected chi connectivity index (χ2v) is 2.57. The van der Waals surface area contributed by atoms with Gasteiger partial charge in [-0.25, -0.2) is 0 Å². The predicted octanol–water partition coefficient (Wildman–Crippen LogP) is 0.253. The summed E-state index contributed by atoms with van der Waals surface area (Å²) in [5.74, 6) is 0. The van der Waals surface area contributed by atoms with Gasteiger partial charge in [-0.3, -0.25) is 4.79 Å². The van der Waals surface area contributed by atoms with E-state index in [1.165, 1.54) is 0 Å². The van der Waals surface area contributed by atoms with Gasteiger partial charge in [-0.2, -0.15) is 9.97 Å². The third kappa shape index (κ3) is 2.14. The van der Waals surface area contributed by atoms with E-state index in [2.05, 4.69) is 9.97 Å². The van der Waals surface area contributed by atoms with E-state index >= 15 is 0 Å². The average Bonchev–Trinajstić information content (AvgIpc) is 2.10. The maximum absolute atomic E-state index is 10.0. The van der Waals surface area contributed by atoms with Crippen LogP contribution in [0, 0.1) is 13.8 Å². The van der Waals surface area contributed by atoms with E-state index in [4.69, 9.17) is 10.5 Å². The topological polar surface area (TPSA) is 78.1 Å². The zero-order valence-electron chi connectivity index (χ0n) is 7.57. The molecule has 1 aromatic rings. The summed E-state index contributed by atoms with van der Waals surface area (Å²) < 4.78 is 4.93. The summed E-state index contributed by atoms with van der Waals surface area (Å²) in [5.41, 5.74) is 7.50. The highest BCUT2D eigenvalue weighted by molar-refractivity contribution is 5.51. The molecule has 0 aliphatic carbocycles. The highest BCUT2D eigenvalue weighted by atomic mass is 16.5. The molecule has 5 heteroatoms. The van der Waals surface area contributed by atoms with Gasteiger partial charge in [0.05, 0.1) is 17.1 Å². The molecule has 5 nitrogen and oxygen atoms in total. The smallest absolute Gasteiger partial charge is 0.317 e. The van der Waals surface area contributed by atoms with E-state index in [0.717, 1.165) is 0 Å². The van der Waals surface area contributed by atoms with Crippen molar-refractivity contribution >= 4 is 12.0 Å². The van der Waals surface area contributed by atoms with Gasteiger partial charge in [-0.05, 0) is 13.8 Å². The Kier molecular flexibility index (Phi) is 2.79. The molecule has 0 aliphatic heterocycles. The first-order valence-electron chi connectivity index (χ1n) is 3.82. The molecule has 0 bridgehead atoms. The van der Waals surface area contributed by atoms with E-state index < -0.39 is 0 Å². The van der Waals surface area contributed by atoms with Gasteiger partial charge in [-0.15, -0.1) is 0 Å². The Bertz CT molecular complexity index is 302. The monoisotopic (exact) mass is 181 g/mol. The summed E-state index contributed by atoms with van der Waals surface area (Å²) in [5, 5.41) is 0. The first-order chi connectivity index (χ1) is 6.15. The van der Waals surface area contributed by atoms with Crippen molar-refractivity contribution in [3.8, 4) is 6.01 Å². The fourth-order valence-corrected chi connectivity index (χ4v) is 0.867. The molecule has 0 amide bonds. The van der Waals surface area contributed by atoms with Crippen LogP contribution in [0.2, 0.25) is 0 Å². The molecule has 0 saturated heterocycles. The number of nitrogens with two attached hydrogens (primary N) is 1. The maximum Gasteiger partial charge on any atom is 0.317 e. The van der Waals surface area contributed by atoms with Gasteiger partial charge in [-0.1, -0.05) is 0 Å². The SMILES string of the molecule is Cc1nc(OCC=O)nc(C)c1N. The lowest BCUT2D eigenvalue weighted by atomic mass is 10.3. The minimum Gasteiger partial charge on any atom is -0.456 e. The first kappa shape index (κ1) is 9.44. The molecular weight excluding hydrogens is 170 g/mol. The Hall–Kier alpha value is -1.65. The fraction of sp³-hybridized carbons (Fsp3) is 0.375. The van der Waals surface area contributed by atoms with Crippen molar-refractivity contribution in [2.75, 3.05) is 12.3 Å². The van der Waals surface area contributed by atoms with Gasteiger partial charge >= 0.3 is 6.01 Å². The molecule has 0 aliphatic rings. The molecule has 0 spiro atoms. The van der Waals surface area contributed by atoms with Crippen LogP contribution >= 0.6 is 0 Å². The van der Waals surface area contributed by atoms with Crippen molar-refractivity contribution in [1.82, 2.24) is 9.97 Å². The quantitative estimate of drug-likeness (QED) is 0.676. The molecule has 0 aromatic carbocycles. The maximum atomic E-state index is 10.0. The highest BCUT2D eigenvalue weighted by Crippen LogP contribution is 2.14. The Morgan fingerprint density at radius 3 is 2.38 bits per heavy atom. The second kappa shape index (κ2) is 3.84. The lowest BCUT2D eigenvalue weighted by molar-refractivity contribution is -0.109. The number of nitrogen functional groups attached to an aromatic ring is 1. The lowest BCUT2D eigenvalue weighted by Crippen LogP contribution is -2.06. The van der Waals surface area contributed by atoms with Gasteiger partial charge in [0.25, 0.3) is 0 Å². The minimum atomic E-state index is -0.0389. The molecule has 0 radical (unpaired) electrons. The number of aldehydes is 1. The van der Waals surface area contributed by atoms with Crippen molar-refractivity contribution in [2.24, 2.45) is 0 Å². The molecule has 1 aromatic heterocycles. The summed E-state index contributed by atoms with van der Waals surface area (Å²) in [6.45, 7) is 3.48. The van der Waals surface area contributed by atoms with Crippen molar-refractivity contribution in [3.05, 3.63) is 11.4 Å². The number of rotatable bonds is 3. The molecule has 2 N–H and O–H groups in total. The van der Waals surface area contributed by atoms with Crippen molar-refractivity contribution < 1.29 is 9.53 Å². The Morgan fingerprint density at radius 1 is 1.38 bits per heavy atom. The van der Waals surface area contributed by atoms with E-state index in [9.17, 15) is 4.79 Å². The van der Waals surface area contributed by atoms with Gasteiger partial charge in [0.15, 0.2) is 6.29 Å². The number of anilines is 1. The molecule has 0 unspecified atom stereocenters. The number of nitrogens with zero attached hydrogens (tertiary/aromatic N) is 2. The number of hydrogen-bond donors (Lipinski definition) is 1. The molecule has 1 heterocycles. The number of hydrogen-bond acceptors (Lipinski definition) is 5. The van der Waals surface area contributed by atoms with Crippen LogP contribution in [0.1, 0.15) is 11.4 Å². The van der Waals surface area contributed by atoms with Crippen LogP contribution in [0.3, 0.4) is 0 Å². The largest absolute Gasteiger partial charge is 0.456 e. The summed E-state index contributed by atoms with van der Waals surface area (Å²) in [7, 11) is 0. The molecule has 1 rings (SSSR count). The van der Waals surface area contributed by atoms with Crippen LogP contribution in [-0.4, -0.2) is 22.9 Å². The summed E-state index contributed by atoms with van der Waals surface area (Å²) in [6.07, 6.45) is 0.643. The molecular formula is C8H11N3O2. The highest BCUT2D eigenvalue weighted by Gasteiger charge is 2.05. The van der Waals surface area contributed by atoms with Gasteiger partial charge in [0.1, 0.15) is 6.61 Å². The zero-order chi connectivity index (χ0) is 9.84. The van der Waals surface area contributed by atoms with Gasteiger partial charge < -0.3 is 10.5 Å². The van der Waals surface area contributed by atoms with Crippen LogP contribution < -0.4 is 10.5 Å². The van der Waals surface area contributed by atoms with Crippen molar-refractivity contribution in [2.45, 2.75) is 13.8 Å². The molecule has 13 heavy (non-hydrogen) atoms. The number of aromatic nitrogens is 2. The third-order valence-corrected chi connectivity index (χ3v) is 1.59. The van der Waals surface area contributed by atoms with Crippen molar-refractivity contribution in [1.29, 1.82) is 0 Å². The zero-order valence-corrected chi connectivity index (χ0v) is 7.57. The number of carbonyl (C=O) groups excluding carboxylic acids is 1. The summed E-state index contributed by atoms with van der Waals surface area (Å²) >= 11 is 0. The molecule has 0 fully saturated rings. The first-order valence-corrected chi connectivity index (χ1v) is 3.82. The van der Waals surface area contributed by atoms with Gasteiger partial charge in [0.2, 0.25) is 0 Å². The standard InChI is InChI=1S/C8H11N3O2/c1-5-7(9)6(2)11-8(10-5)13-4-3-12/h3H,4,9H2,1-2H3. The van der Waals surface area contributed by atoms with Crippen LogP contribution in [0.25, 0.3) is 0 Å². The van der Waals surface area contributed by atoms with E-state index in [0.29, 0.717) is 23.4 Å². The van der Waals surface area contributed by atoms with E-state index in [1.807, 2.05) is 0 Å². The Morgan fingerprint density at radius 2 is 1.92 bits per heavy atom. The second-order valence-electron chi connectivity index (χ2n) is 2.57. The third-order valence-electron chi connectivity index (χ3n) is 1.59. The normalized spacial score (nSPS) is 9.69. The number of aryl methyl sites for hydroxylation is 2. The van der Waals surface area contributed by atoms with Crippen LogP contribution in [-0.2, 0) is 4.79 Å². The summed E-state index contributed by atoms with van der Waals surface area (Å²) in [6, 6.07) is 0.191. The minimum absolute atomic E-state index is 0.0389. The fourth-order valence-electron chi connectivity index (χ4n) is 0.867.